The van der Waals surface area contributed by atoms with Gasteiger partial charge in [0, 0.05) is 49.9 Å². The minimum Gasteiger partial charge on any atom is -0.467 e. The number of hydrogen-bond acceptors (Lipinski definition) is 6. The lowest BCUT2D eigenvalue weighted by molar-refractivity contribution is -0.145. The first-order valence-electron chi connectivity index (χ1n) is 11.5. The number of carbonyl (C=O) groups is 2. The number of amides is 1. The van der Waals surface area contributed by atoms with Crippen LogP contribution in [0.1, 0.15) is 56.1 Å². The van der Waals surface area contributed by atoms with Crippen molar-refractivity contribution in [1.82, 2.24) is 15.3 Å². The molecule has 0 spiro atoms. The van der Waals surface area contributed by atoms with Crippen LogP contribution in [0, 0.1) is 5.41 Å². The molecule has 0 aliphatic heterocycles. The highest BCUT2D eigenvalue weighted by atomic mass is 16.5. The molecule has 2 rings (SSSR count). The molecule has 7 heteroatoms. The van der Waals surface area contributed by atoms with E-state index in [0.717, 1.165) is 41.8 Å². The van der Waals surface area contributed by atoms with Crippen LogP contribution in [0.15, 0.2) is 47.7 Å². The van der Waals surface area contributed by atoms with Crippen molar-refractivity contribution < 1.29 is 14.3 Å². The van der Waals surface area contributed by atoms with Gasteiger partial charge in [-0.25, -0.2) is 4.79 Å². The van der Waals surface area contributed by atoms with Gasteiger partial charge in [-0.3, -0.25) is 19.8 Å². The number of rotatable bonds is 11. The largest absolute Gasteiger partial charge is 0.467 e. The second-order valence-corrected chi connectivity index (χ2v) is 9.45. The van der Waals surface area contributed by atoms with Crippen molar-refractivity contribution in [1.29, 1.82) is 0 Å². The molecule has 0 aromatic carbocycles. The van der Waals surface area contributed by atoms with Gasteiger partial charge in [0.25, 0.3) is 0 Å². The van der Waals surface area contributed by atoms with Crippen LogP contribution in [0.2, 0.25) is 0 Å². The van der Waals surface area contributed by atoms with Crippen molar-refractivity contribution in [2.45, 2.75) is 58.9 Å². The lowest BCUT2D eigenvalue weighted by Crippen LogP contribution is -2.44. The third kappa shape index (κ3) is 10.1. The summed E-state index contributed by atoms with van der Waals surface area (Å²) in [5, 5.41) is 2.80. The summed E-state index contributed by atoms with van der Waals surface area (Å²) in [5.41, 5.74) is 3.78. The molecule has 1 atom stereocenters. The molecule has 0 radical (unpaired) electrons. The molecule has 2 aromatic heterocycles. The Hall–Kier alpha value is -3.35. The third-order valence-corrected chi connectivity index (χ3v) is 5.07. The van der Waals surface area contributed by atoms with E-state index in [-0.39, 0.29) is 11.3 Å². The maximum absolute atomic E-state index is 12.3. The van der Waals surface area contributed by atoms with Crippen LogP contribution >= 0.6 is 0 Å². The summed E-state index contributed by atoms with van der Waals surface area (Å²) in [6.07, 6.45) is 12.5. The van der Waals surface area contributed by atoms with E-state index in [1.54, 1.807) is 19.5 Å². The molecule has 0 aliphatic rings. The monoisotopic (exact) mass is 464 g/mol. The van der Waals surface area contributed by atoms with Crippen LogP contribution in [0.3, 0.4) is 0 Å². The van der Waals surface area contributed by atoms with E-state index in [1.165, 1.54) is 7.11 Å². The Morgan fingerprint density at radius 2 is 1.76 bits per heavy atom. The van der Waals surface area contributed by atoms with Crippen LogP contribution in [0.4, 0.5) is 0 Å². The van der Waals surface area contributed by atoms with Crippen molar-refractivity contribution in [3.8, 4) is 0 Å². The number of carbonyl (C=O) groups excluding carboxylic acids is 2. The van der Waals surface area contributed by atoms with Crippen LogP contribution in [0.25, 0.3) is 6.08 Å². The fraction of sp³-hybridized carbons (Fsp3) is 0.444. The lowest BCUT2D eigenvalue weighted by atomic mass is 9.91. The number of esters is 1. The lowest BCUT2D eigenvalue weighted by Gasteiger charge is -2.21. The van der Waals surface area contributed by atoms with Gasteiger partial charge >= 0.3 is 5.97 Å². The number of hydrogen-bond donors (Lipinski definition) is 1. The van der Waals surface area contributed by atoms with Crippen molar-refractivity contribution in [2.24, 2.45) is 10.4 Å². The number of nitrogens with one attached hydrogen (secondary N) is 1. The molecule has 1 unspecified atom stereocenters. The van der Waals surface area contributed by atoms with Gasteiger partial charge in [0.05, 0.1) is 7.11 Å². The Bertz CT molecular complexity index is 974. The van der Waals surface area contributed by atoms with E-state index in [4.69, 9.17) is 4.74 Å². The third-order valence-electron chi connectivity index (χ3n) is 5.07. The van der Waals surface area contributed by atoms with Crippen molar-refractivity contribution >= 4 is 24.2 Å². The van der Waals surface area contributed by atoms with E-state index in [0.29, 0.717) is 12.8 Å². The van der Waals surface area contributed by atoms with E-state index >= 15 is 0 Å². The Balaban J connectivity index is 1.87. The van der Waals surface area contributed by atoms with Crippen LogP contribution < -0.4 is 5.32 Å². The molecular formula is C27H36N4O3. The summed E-state index contributed by atoms with van der Waals surface area (Å²) < 4.78 is 4.88. The molecule has 0 bridgehead atoms. The fourth-order valence-electron chi connectivity index (χ4n) is 3.40. The van der Waals surface area contributed by atoms with Crippen LogP contribution in [-0.4, -0.2) is 48.3 Å². The number of aliphatic imine (C=N–C) groups is 1. The van der Waals surface area contributed by atoms with Gasteiger partial charge in [-0.05, 0) is 54.0 Å². The molecule has 2 heterocycles. The van der Waals surface area contributed by atoms with E-state index in [9.17, 15) is 9.59 Å². The molecule has 0 saturated heterocycles. The molecular weight excluding hydrogens is 428 g/mol. The topological polar surface area (TPSA) is 93.5 Å². The summed E-state index contributed by atoms with van der Waals surface area (Å²) in [7, 11) is 3.06. The Morgan fingerprint density at radius 3 is 2.29 bits per heavy atom. The van der Waals surface area contributed by atoms with Gasteiger partial charge in [-0.2, -0.15) is 0 Å². The molecule has 182 valence electrons. The van der Waals surface area contributed by atoms with Gasteiger partial charge in [-0.1, -0.05) is 39.0 Å². The maximum atomic E-state index is 12.3. The zero-order valence-electron chi connectivity index (χ0n) is 20.9. The van der Waals surface area contributed by atoms with Crippen molar-refractivity contribution in [3.63, 3.8) is 0 Å². The first-order chi connectivity index (χ1) is 16.2. The highest BCUT2D eigenvalue weighted by Gasteiger charge is 2.24. The second kappa shape index (κ2) is 13.4. The van der Waals surface area contributed by atoms with Gasteiger partial charge in [0.2, 0.25) is 5.91 Å². The summed E-state index contributed by atoms with van der Waals surface area (Å²) in [4.78, 5) is 37.4. The number of methoxy groups -OCH3 is 1. The zero-order chi connectivity index (χ0) is 25.0. The van der Waals surface area contributed by atoms with Gasteiger partial charge in [0.15, 0.2) is 0 Å². The molecule has 7 nitrogen and oxygen atoms in total. The summed E-state index contributed by atoms with van der Waals surface area (Å²) in [5.74, 6) is -0.626. The highest BCUT2D eigenvalue weighted by Crippen LogP contribution is 2.18. The minimum atomic E-state index is -0.731. The molecule has 1 N–H and O–H groups in total. The first kappa shape index (κ1) is 26.9. The number of pyridine rings is 2. The number of ether oxygens (including phenoxy) is 1. The van der Waals surface area contributed by atoms with E-state index in [1.807, 2.05) is 63.4 Å². The molecule has 2 aromatic rings. The smallest absolute Gasteiger partial charge is 0.328 e. The Labute approximate surface area is 202 Å². The predicted molar refractivity (Wildman–Crippen MR) is 136 cm³/mol. The number of aromatic nitrogens is 2. The summed E-state index contributed by atoms with van der Waals surface area (Å²) in [6, 6.07) is 7.28. The number of nitrogens with zero attached hydrogens (tertiary/aromatic N) is 3. The second-order valence-electron chi connectivity index (χ2n) is 9.45. The summed E-state index contributed by atoms with van der Waals surface area (Å²) >= 11 is 0. The standard InChI is InChI=1S/C27H36N4O3/c1-27(2,3)17-25(32)31-24(26(33)34-5)16-21-12-14-23(30-19-21)10-6-9-22-13-11-20(18-29-22)8-7-15-28-4/h7-8,11-15,18-19,24H,6,9-10,16-17H2,1-5H3,(H,31,32)/b8-7-,28-15?. The zero-order valence-corrected chi connectivity index (χ0v) is 20.9. The molecule has 1 amide bonds. The van der Waals surface area contributed by atoms with Crippen molar-refractivity contribution in [2.75, 3.05) is 14.2 Å². The normalized spacial score (nSPS) is 12.7. The SMILES string of the molecule is CN=C/C=C\c1ccc(CCCc2ccc(CC(NC(=O)CC(C)(C)C)C(=O)OC)cn2)nc1. The number of aryl methyl sites for hydroxylation is 2. The fourth-order valence-corrected chi connectivity index (χ4v) is 3.40. The van der Waals surface area contributed by atoms with Gasteiger partial charge < -0.3 is 10.1 Å². The Kier molecular flexibility index (Phi) is 10.6. The van der Waals surface area contributed by atoms with Gasteiger partial charge in [-0.15, -0.1) is 0 Å². The predicted octanol–water partition coefficient (Wildman–Crippen LogP) is 4.00. The molecule has 0 aliphatic carbocycles. The number of allylic oxidation sites excluding steroid dienone is 1. The van der Waals surface area contributed by atoms with Crippen LogP contribution in [0.5, 0.6) is 0 Å². The van der Waals surface area contributed by atoms with Crippen molar-refractivity contribution in [3.05, 3.63) is 65.2 Å². The van der Waals surface area contributed by atoms with Gasteiger partial charge in [0.1, 0.15) is 6.04 Å². The van der Waals surface area contributed by atoms with Crippen LogP contribution in [-0.2, 0) is 33.6 Å². The van der Waals surface area contributed by atoms with E-state index < -0.39 is 12.0 Å². The quantitative estimate of drug-likeness (QED) is 0.401. The average Bonchev–Trinajstić information content (AvgIpc) is 2.79. The minimum absolute atomic E-state index is 0.160. The molecule has 0 fully saturated rings. The Morgan fingerprint density at radius 1 is 1.09 bits per heavy atom. The summed E-state index contributed by atoms with van der Waals surface area (Å²) in [6.45, 7) is 5.94. The molecule has 34 heavy (non-hydrogen) atoms. The highest BCUT2D eigenvalue weighted by molar-refractivity contribution is 5.85. The van der Waals surface area contributed by atoms with E-state index in [2.05, 4.69) is 20.3 Å². The molecule has 0 saturated carbocycles. The first-order valence-corrected chi connectivity index (χ1v) is 11.5. The maximum Gasteiger partial charge on any atom is 0.328 e. The average molecular weight is 465 g/mol.